The first-order valence-electron chi connectivity index (χ1n) is 9.74. The molecule has 4 aromatic rings. The van der Waals surface area contributed by atoms with Crippen molar-refractivity contribution in [2.24, 2.45) is 0 Å². The van der Waals surface area contributed by atoms with Crippen molar-refractivity contribution in [3.63, 3.8) is 0 Å². The molecule has 0 unspecified atom stereocenters. The minimum atomic E-state index is -0.366. The van der Waals surface area contributed by atoms with Crippen molar-refractivity contribution in [1.82, 2.24) is 0 Å². The molecule has 1 aromatic heterocycles. The standard InChI is InChI=1S/C16H13NO2S.C8H8BrNO2/c1-10-8-14(17(18)19)11(2)7-13(10)16-9-12-5-3-4-6-15(12)20-16;1-5-4-8(10(11)12)6(2)3-7(5)9/h3-9H,1-2H3;3-4H,1-2H3. The van der Waals surface area contributed by atoms with E-state index in [0.29, 0.717) is 11.1 Å². The third-order valence-electron chi connectivity index (χ3n) is 5.10. The molecule has 8 heteroatoms. The minimum absolute atomic E-state index is 0.177. The van der Waals surface area contributed by atoms with Crippen LogP contribution in [0, 0.1) is 47.9 Å². The van der Waals surface area contributed by atoms with E-state index >= 15 is 0 Å². The summed E-state index contributed by atoms with van der Waals surface area (Å²) >= 11 is 5.02. The highest BCUT2D eigenvalue weighted by Gasteiger charge is 2.15. The first-order valence-corrected chi connectivity index (χ1v) is 11.3. The number of hydrogen-bond donors (Lipinski definition) is 0. The highest BCUT2D eigenvalue weighted by Crippen LogP contribution is 2.37. The van der Waals surface area contributed by atoms with Crippen molar-refractivity contribution in [3.05, 3.63) is 102 Å². The Hall–Kier alpha value is -3.10. The second-order valence-electron chi connectivity index (χ2n) is 7.50. The molecular formula is C24H21BrN2O4S. The average molecular weight is 513 g/mol. The Kier molecular flexibility index (Phi) is 7.06. The maximum Gasteiger partial charge on any atom is 0.272 e. The molecule has 0 fully saturated rings. The number of nitrogens with zero attached hydrogens (tertiary/aromatic N) is 2. The minimum Gasteiger partial charge on any atom is -0.258 e. The number of aryl methyl sites for hydroxylation is 4. The van der Waals surface area contributed by atoms with Gasteiger partial charge in [-0.25, -0.2) is 0 Å². The Labute approximate surface area is 198 Å². The summed E-state index contributed by atoms with van der Waals surface area (Å²) in [5.41, 5.74) is 4.64. The summed E-state index contributed by atoms with van der Waals surface area (Å²) in [6.07, 6.45) is 0. The monoisotopic (exact) mass is 512 g/mol. The highest BCUT2D eigenvalue weighted by atomic mass is 79.9. The van der Waals surface area contributed by atoms with E-state index < -0.39 is 0 Å². The molecule has 0 atom stereocenters. The number of nitro groups is 2. The smallest absolute Gasteiger partial charge is 0.258 e. The molecule has 3 aromatic carbocycles. The molecule has 1 heterocycles. The molecule has 0 N–H and O–H groups in total. The highest BCUT2D eigenvalue weighted by molar-refractivity contribution is 9.10. The molecular weight excluding hydrogens is 492 g/mol. The van der Waals surface area contributed by atoms with Crippen molar-refractivity contribution in [3.8, 4) is 10.4 Å². The fourth-order valence-corrected chi connectivity index (χ4v) is 4.94. The van der Waals surface area contributed by atoms with Crippen LogP contribution < -0.4 is 0 Å². The van der Waals surface area contributed by atoms with Crippen LogP contribution >= 0.6 is 27.3 Å². The molecule has 0 radical (unpaired) electrons. The van der Waals surface area contributed by atoms with E-state index in [1.807, 2.05) is 32.0 Å². The molecule has 32 heavy (non-hydrogen) atoms. The van der Waals surface area contributed by atoms with E-state index in [9.17, 15) is 20.2 Å². The summed E-state index contributed by atoms with van der Waals surface area (Å²) in [5, 5.41) is 22.7. The molecule has 6 nitrogen and oxygen atoms in total. The molecule has 0 aliphatic heterocycles. The van der Waals surface area contributed by atoms with Crippen molar-refractivity contribution in [2.75, 3.05) is 0 Å². The lowest BCUT2D eigenvalue weighted by molar-refractivity contribution is -0.385. The maximum atomic E-state index is 11.0. The van der Waals surface area contributed by atoms with Gasteiger partial charge >= 0.3 is 0 Å². The number of thiophene rings is 1. The van der Waals surface area contributed by atoms with Crippen LogP contribution in [-0.2, 0) is 0 Å². The first kappa shape index (κ1) is 23.6. The Morgan fingerprint density at radius 2 is 1.31 bits per heavy atom. The average Bonchev–Trinajstić information content (AvgIpc) is 3.16. The van der Waals surface area contributed by atoms with E-state index in [-0.39, 0.29) is 21.2 Å². The lowest BCUT2D eigenvalue weighted by Gasteiger charge is -2.05. The van der Waals surface area contributed by atoms with Gasteiger partial charge in [-0.1, -0.05) is 34.1 Å². The molecule has 0 saturated carbocycles. The van der Waals surface area contributed by atoms with Crippen LogP contribution in [0.15, 0.2) is 59.1 Å². The van der Waals surface area contributed by atoms with Gasteiger partial charge in [0.25, 0.3) is 11.4 Å². The van der Waals surface area contributed by atoms with Crippen LogP contribution in [0.3, 0.4) is 0 Å². The summed E-state index contributed by atoms with van der Waals surface area (Å²) in [6, 6.07) is 17.3. The Bertz CT molecular complexity index is 1310. The molecule has 0 saturated heterocycles. The van der Waals surface area contributed by atoms with Gasteiger partial charge < -0.3 is 0 Å². The second-order valence-corrected chi connectivity index (χ2v) is 9.44. The van der Waals surface area contributed by atoms with Crippen LogP contribution in [-0.4, -0.2) is 9.85 Å². The largest absolute Gasteiger partial charge is 0.272 e. The van der Waals surface area contributed by atoms with Crippen LogP contribution in [0.1, 0.15) is 22.3 Å². The Morgan fingerprint density at radius 3 is 1.91 bits per heavy atom. The van der Waals surface area contributed by atoms with E-state index in [1.54, 1.807) is 43.4 Å². The third-order valence-corrected chi connectivity index (χ3v) is 7.11. The normalized spacial score (nSPS) is 10.5. The quantitative estimate of drug-likeness (QED) is 0.205. The predicted octanol–water partition coefficient (Wildman–Crippen LogP) is 8.07. The van der Waals surface area contributed by atoms with Crippen molar-refractivity contribution >= 4 is 48.7 Å². The lowest BCUT2D eigenvalue weighted by atomic mass is 10.0. The van der Waals surface area contributed by atoms with Gasteiger partial charge in [0.1, 0.15) is 0 Å². The molecule has 0 aliphatic carbocycles. The zero-order chi connectivity index (χ0) is 23.6. The van der Waals surface area contributed by atoms with Crippen molar-refractivity contribution < 1.29 is 9.85 Å². The summed E-state index contributed by atoms with van der Waals surface area (Å²) < 4.78 is 2.14. The lowest BCUT2D eigenvalue weighted by Crippen LogP contribution is -1.93. The fourth-order valence-electron chi connectivity index (χ4n) is 3.34. The number of halogens is 1. The molecule has 0 amide bonds. The molecule has 0 spiro atoms. The van der Waals surface area contributed by atoms with Crippen LogP contribution in [0.25, 0.3) is 20.5 Å². The molecule has 0 bridgehead atoms. The Morgan fingerprint density at radius 1 is 0.750 bits per heavy atom. The van der Waals surface area contributed by atoms with Gasteiger partial charge in [0.15, 0.2) is 0 Å². The first-order chi connectivity index (χ1) is 15.1. The van der Waals surface area contributed by atoms with Gasteiger partial charge in [-0.05, 0) is 74.0 Å². The van der Waals surface area contributed by atoms with E-state index in [2.05, 4.69) is 34.1 Å². The molecule has 0 aliphatic rings. The molecule has 4 rings (SSSR count). The van der Waals surface area contributed by atoms with Gasteiger partial charge in [0, 0.05) is 37.3 Å². The van der Waals surface area contributed by atoms with Crippen LogP contribution in [0.2, 0.25) is 0 Å². The van der Waals surface area contributed by atoms with Crippen LogP contribution in [0.4, 0.5) is 11.4 Å². The zero-order valence-electron chi connectivity index (χ0n) is 18.0. The molecule has 164 valence electrons. The second kappa shape index (κ2) is 9.58. The summed E-state index contributed by atoms with van der Waals surface area (Å²) in [7, 11) is 0. The van der Waals surface area contributed by atoms with Gasteiger partial charge in [-0.3, -0.25) is 20.2 Å². The number of nitro benzene ring substituents is 2. The van der Waals surface area contributed by atoms with E-state index in [0.717, 1.165) is 26.0 Å². The van der Waals surface area contributed by atoms with Gasteiger partial charge in [-0.15, -0.1) is 11.3 Å². The van der Waals surface area contributed by atoms with Crippen molar-refractivity contribution in [1.29, 1.82) is 0 Å². The van der Waals surface area contributed by atoms with E-state index in [4.69, 9.17) is 0 Å². The maximum absolute atomic E-state index is 11.0. The Balaban J connectivity index is 0.000000207. The summed E-state index contributed by atoms with van der Waals surface area (Å²) in [4.78, 5) is 21.9. The van der Waals surface area contributed by atoms with Gasteiger partial charge in [0.05, 0.1) is 9.85 Å². The number of benzene rings is 3. The predicted molar refractivity (Wildman–Crippen MR) is 134 cm³/mol. The zero-order valence-corrected chi connectivity index (χ0v) is 20.4. The number of fused-ring (bicyclic) bond motifs is 1. The number of hydrogen-bond acceptors (Lipinski definition) is 5. The van der Waals surface area contributed by atoms with Crippen LogP contribution in [0.5, 0.6) is 0 Å². The fraction of sp³-hybridized carbons (Fsp3) is 0.167. The van der Waals surface area contributed by atoms with Gasteiger partial charge in [0.2, 0.25) is 0 Å². The summed E-state index contributed by atoms with van der Waals surface area (Å²) in [6.45, 7) is 7.26. The number of rotatable bonds is 3. The van der Waals surface area contributed by atoms with Gasteiger partial charge in [-0.2, -0.15) is 0 Å². The SMILES string of the molecule is Cc1cc([N+](=O)[O-])c(C)cc1-c1cc2ccccc2s1.Cc1cc([N+](=O)[O-])c(C)cc1Br. The van der Waals surface area contributed by atoms with Crippen molar-refractivity contribution in [2.45, 2.75) is 27.7 Å². The summed E-state index contributed by atoms with van der Waals surface area (Å²) in [5.74, 6) is 0. The van der Waals surface area contributed by atoms with E-state index in [1.165, 1.54) is 10.1 Å². The topological polar surface area (TPSA) is 86.3 Å². The third kappa shape index (κ3) is 5.03.